The van der Waals surface area contributed by atoms with E-state index in [4.69, 9.17) is 9.84 Å². The molecule has 115 valence electrons. The zero-order valence-corrected chi connectivity index (χ0v) is 15.9. The summed E-state index contributed by atoms with van der Waals surface area (Å²) in [5, 5.41) is 9.03. The summed E-state index contributed by atoms with van der Waals surface area (Å²) in [5.74, 6) is -0.317. The molecule has 1 rings (SSSR count). The number of nitrogens with zero attached hydrogens (tertiary/aromatic N) is 1. The Labute approximate surface area is 152 Å². The third kappa shape index (κ3) is 8.05. The topological polar surface area (TPSA) is 49.8 Å². The van der Waals surface area contributed by atoms with Crippen LogP contribution in [-0.4, -0.2) is 42.2 Å². The fraction of sp³-hybridized carbons (Fsp3) is 0.562. The van der Waals surface area contributed by atoms with Crippen molar-refractivity contribution in [3.63, 3.8) is 0 Å². The molecule has 0 aromatic heterocycles. The van der Waals surface area contributed by atoms with Crippen molar-refractivity contribution in [1.29, 1.82) is 0 Å². The summed E-state index contributed by atoms with van der Waals surface area (Å²) in [6, 6.07) is 6.90. The average Bonchev–Trinajstić information content (AvgIpc) is 2.50. The summed E-state index contributed by atoms with van der Waals surface area (Å²) in [6.07, 6.45) is 1.91. The number of unbranched alkanes of at least 4 members (excludes halogenated alkanes) is 1. The zero-order valence-electron chi connectivity index (χ0n) is 13.0. The first-order valence-electron chi connectivity index (χ1n) is 7.30. The number of carbonyl (C=O) groups is 1. The second-order valence-corrected chi connectivity index (χ2v) is 4.73. The fourth-order valence-electron chi connectivity index (χ4n) is 2.02. The quantitative estimate of drug-likeness (QED) is 0.537. The van der Waals surface area contributed by atoms with E-state index in [-0.39, 0.29) is 45.3 Å². The minimum atomic E-state index is -0.317. The smallest absolute Gasteiger partial charge is 0.338 e. The molecule has 1 N–H and O–H groups in total. The second-order valence-electron chi connectivity index (χ2n) is 4.73. The molecular formula is C16H25NO3Y. The van der Waals surface area contributed by atoms with Crippen LogP contribution < -0.4 is 0 Å². The van der Waals surface area contributed by atoms with E-state index in [2.05, 4.69) is 18.7 Å². The molecule has 0 amide bonds. The van der Waals surface area contributed by atoms with Crippen molar-refractivity contribution in [3.8, 4) is 0 Å². The first-order chi connectivity index (χ1) is 9.71. The Morgan fingerprint density at radius 3 is 2.57 bits per heavy atom. The van der Waals surface area contributed by atoms with E-state index in [0.29, 0.717) is 12.2 Å². The number of benzene rings is 1. The van der Waals surface area contributed by atoms with Crippen LogP contribution in [0.4, 0.5) is 0 Å². The van der Waals surface area contributed by atoms with Gasteiger partial charge >= 0.3 is 5.97 Å². The molecule has 0 bridgehead atoms. The van der Waals surface area contributed by atoms with E-state index < -0.39 is 0 Å². The van der Waals surface area contributed by atoms with E-state index in [1.165, 1.54) is 0 Å². The fourth-order valence-corrected chi connectivity index (χ4v) is 2.02. The molecule has 0 unspecified atom stereocenters. The van der Waals surface area contributed by atoms with Gasteiger partial charge in [0.2, 0.25) is 0 Å². The molecule has 0 fully saturated rings. The van der Waals surface area contributed by atoms with Gasteiger partial charge in [0.05, 0.1) is 18.8 Å². The van der Waals surface area contributed by atoms with Gasteiger partial charge in [-0.1, -0.05) is 26.0 Å². The van der Waals surface area contributed by atoms with Gasteiger partial charge in [0.1, 0.15) is 0 Å². The van der Waals surface area contributed by atoms with E-state index in [9.17, 15) is 4.79 Å². The first-order valence-corrected chi connectivity index (χ1v) is 7.30. The minimum Gasteiger partial charge on any atom is -0.462 e. The van der Waals surface area contributed by atoms with Crippen LogP contribution >= 0.6 is 0 Å². The maximum Gasteiger partial charge on any atom is 0.338 e. The molecule has 0 heterocycles. The Kier molecular flexibility index (Phi) is 12.1. The van der Waals surface area contributed by atoms with E-state index >= 15 is 0 Å². The predicted octanol–water partition coefficient (Wildman–Crippen LogP) is 2.46. The minimum absolute atomic E-state index is 0. The molecule has 0 aliphatic heterocycles. The number of ether oxygens (including phenoxy) is 1. The van der Waals surface area contributed by atoms with E-state index in [1.807, 2.05) is 0 Å². The second kappa shape index (κ2) is 12.3. The molecule has 0 atom stereocenters. The molecule has 0 aliphatic rings. The Bertz CT molecular complexity index is 408. The monoisotopic (exact) mass is 368 g/mol. The van der Waals surface area contributed by atoms with Gasteiger partial charge in [-0.05, 0) is 50.2 Å². The maximum atomic E-state index is 11.8. The van der Waals surface area contributed by atoms with Crippen molar-refractivity contribution in [2.45, 2.75) is 33.3 Å². The molecule has 1 radical (unpaired) electrons. The molecule has 5 heteroatoms. The van der Waals surface area contributed by atoms with Crippen LogP contribution in [0.2, 0.25) is 0 Å². The summed E-state index contributed by atoms with van der Waals surface area (Å²) in [5.41, 5.74) is 1.22. The predicted molar refractivity (Wildman–Crippen MR) is 79.7 cm³/mol. The normalized spacial score (nSPS) is 10.3. The van der Waals surface area contributed by atoms with Crippen LogP contribution in [-0.2, 0) is 44.1 Å². The molecular weight excluding hydrogens is 343 g/mol. The summed E-state index contributed by atoms with van der Waals surface area (Å²) in [4.78, 5) is 14.2. The van der Waals surface area contributed by atoms with Gasteiger partial charge in [0.25, 0.3) is 0 Å². The number of aliphatic hydroxyl groups is 1. The number of esters is 1. The van der Waals surface area contributed by atoms with Crippen LogP contribution in [0.1, 0.15) is 42.6 Å². The molecule has 0 spiro atoms. The van der Waals surface area contributed by atoms with Gasteiger partial charge in [-0.25, -0.2) is 4.79 Å². The number of carbonyl (C=O) groups excluding carboxylic acids is 1. The number of hydrogen-bond acceptors (Lipinski definition) is 4. The number of rotatable bonds is 9. The van der Waals surface area contributed by atoms with Crippen LogP contribution in [0.5, 0.6) is 0 Å². The largest absolute Gasteiger partial charge is 0.462 e. The van der Waals surface area contributed by atoms with Crippen molar-refractivity contribution in [2.24, 2.45) is 0 Å². The SMILES string of the molecule is CCN(CC)CCCCOC(=O)c1cccc(CO)c1.[Y]. The van der Waals surface area contributed by atoms with E-state index in [1.54, 1.807) is 24.3 Å². The first kappa shape index (κ1) is 20.7. The van der Waals surface area contributed by atoms with E-state index in [0.717, 1.165) is 38.0 Å². The van der Waals surface area contributed by atoms with Crippen molar-refractivity contribution in [1.82, 2.24) is 4.90 Å². The van der Waals surface area contributed by atoms with Crippen LogP contribution in [0.15, 0.2) is 24.3 Å². The third-order valence-corrected chi connectivity index (χ3v) is 3.34. The molecule has 4 nitrogen and oxygen atoms in total. The van der Waals surface area contributed by atoms with Gasteiger partial charge in [0, 0.05) is 32.7 Å². The number of hydrogen-bond donors (Lipinski definition) is 1. The standard InChI is InChI=1S/C16H25NO3.Y/c1-3-17(4-2)10-5-6-11-20-16(19)15-9-7-8-14(12-15)13-18;/h7-9,12,18H,3-6,10-11,13H2,1-2H3;. The molecule has 0 aliphatic carbocycles. The molecule has 0 saturated carbocycles. The zero-order chi connectivity index (χ0) is 14.8. The molecule has 1 aromatic carbocycles. The summed E-state index contributed by atoms with van der Waals surface area (Å²) >= 11 is 0. The van der Waals surface area contributed by atoms with Crippen molar-refractivity contribution >= 4 is 5.97 Å². The summed E-state index contributed by atoms with van der Waals surface area (Å²) in [7, 11) is 0. The Morgan fingerprint density at radius 2 is 1.95 bits per heavy atom. The summed E-state index contributed by atoms with van der Waals surface area (Å²) < 4.78 is 5.24. The molecule has 0 saturated heterocycles. The van der Waals surface area contributed by atoms with Gasteiger partial charge in [-0.15, -0.1) is 0 Å². The van der Waals surface area contributed by atoms with Crippen molar-refractivity contribution < 1.29 is 47.3 Å². The Morgan fingerprint density at radius 1 is 1.24 bits per heavy atom. The molecule has 21 heavy (non-hydrogen) atoms. The van der Waals surface area contributed by atoms with Crippen molar-refractivity contribution in [2.75, 3.05) is 26.2 Å². The molecule has 1 aromatic rings. The third-order valence-electron chi connectivity index (χ3n) is 3.34. The summed E-state index contributed by atoms with van der Waals surface area (Å²) in [6.45, 7) is 7.85. The Hall–Kier alpha value is -0.286. The number of aliphatic hydroxyl groups excluding tert-OH is 1. The Balaban J connectivity index is 0.00000400. The maximum absolute atomic E-state index is 11.8. The van der Waals surface area contributed by atoms with Crippen molar-refractivity contribution in [3.05, 3.63) is 35.4 Å². The van der Waals surface area contributed by atoms with Gasteiger partial charge in [0.15, 0.2) is 0 Å². The van der Waals surface area contributed by atoms with Crippen LogP contribution in [0.3, 0.4) is 0 Å². The average molecular weight is 368 g/mol. The van der Waals surface area contributed by atoms with Gasteiger partial charge in [-0.3, -0.25) is 0 Å². The van der Waals surface area contributed by atoms with Gasteiger partial charge in [-0.2, -0.15) is 0 Å². The van der Waals surface area contributed by atoms with Crippen LogP contribution in [0, 0.1) is 0 Å². The van der Waals surface area contributed by atoms with Crippen LogP contribution in [0.25, 0.3) is 0 Å². The van der Waals surface area contributed by atoms with Gasteiger partial charge < -0.3 is 14.7 Å².